The van der Waals surface area contributed by atoms with Gasteiger partial charge in [-0.2, -0.15) is 0 Å². The molecule has 0 atom stereocenters. The molecule has 1 aromatic heterocycles. The lowest BCUT2D eigenvalue weighted by atomic mass is 10.2. The minimum Gasteiger partial charge on any atom is -0.484 e. The van der Waals surface area contributed by atoms with Crippen molar-refractivity contribution in [3.05, 3.63) is 65.3 Å². The molecular weight excluding hydrogens is 369 g/mol. The zero-order valence-corrected chi connectivity index (χ0v) is 15.7. The van der Waals surface area contributed by atoms with Crippen molar-refractivity contribution in [1.82, 2.24) is 10.2 Å². The molecule has 6 nitrogen and oxygen atoms in total. The average molecular weight is 387 g/mol. The summed E-state index contributed by atoms with van der Waals surface area (Å²) in [6.07, 6.45) is 0. The fraction of sp³-hybridized carbons (Fsp3) is 0.211. The SMILES string of the molecule is Cc1ccc(OCc2nnc(SCC(=O)Nc3cc(F)ccc3C)o2)cc1. The molecule has 0 radical (unpaired) electrons. The Labute approximate surface area is 160 Å². The molecule has 1 heterocycles. The van der Waals surface area contributed by atoms with Crippen molar-refractivity contribution < 1.29 is 18.3 Å². The summed E-state index contributed by atoms with van der Waals surface area (Å²) in [5.74, 6) is 0.400. The highest BCUT2D eigenvalue weighted by Gasteiger charge is 2.11. The maximum absolute atomic E-state index is 13.3. The van der Waals surface area contributed by atoms with Crippen LogP contribution in [0.1, 0.15) is 17.0 Å². The smallest absolute Gasteiger partial charge is 0.277 e. The van der Waals surface area contributed by atoms with Gasteiger partial charge in [0.25, 0.3) is 11.1 Å². The molecule has 1 N–H and O–H groups in total. The quantitative estimate of drug-likeness (QED) is 0.614. The van der Waals surface area contributed by atoms with Crippen LogP contribution in [0.4, 0.5) is 10.1 Å². The summed E-state index contributed by atoms with van der Waals surface area (Å²) in [4.78, 5) is 12.0. The van der Waals surface area contributed by atoms with Crippen molar-refractivity contribution in [2.75, 3.05) is 11.1 Å². The minimum absolute atomic E-state index is 0.0659. The average Bonchev–Trinajstić information content (AvgIpc) is 3.10. The number of carbonyl (C=O) groups is 1. The van der Waals surface area contributed by atoms with Gasteiger partial charge in [0.05, 0.1) is 5.75 Å². The standard InChI is InChI=1S/C19H18FN3O3S/c1-12-3-7-15(8-4-12)25-10-18-22-23-19(26-18)27-11-17(24)21-16-9-14(20)6-5-13(16)2/h3-9H,10-11H2,1-2H3,(H,21,24). The topological polar surface area (TPSA) is 77.2 Å². The van der Waals surface area contributed by atoms with E-state index in [4.69, 9.17) is 9.15 Å². The Hall–Kier alpha value is -2.87. The summed E-state index contributed by atoms with van der Waals surface area (Å²) in [6, 6.07) is 11.9. The zero-order valence-electron chi connectivity index (χ0n) is 14.9. The lowest BCUT2D eigenvalue weighted by Crippen LogP contribution is -2.15. The minimum atomic E-state index is -0.404. The number of benzene rings is 2. The Morgan fingerprint density at radius 3 is 2.74 bits per heavy atom. The lowest BCUT2D eigenvalue weighted by molar-refractivity contribution is -0.113. The number of hydrogen-bond acceptors (Lipinski definition) is 6. The predicted molar refractivity (Wildman–Crippen MR) is 100 cm³/mol. The summed E-state index contributed by atoms with van der Waals surface area (Å²) in [5.41, 5.74) is 2.37. The van der Waals surface area contributed by atoms with Gasteiger partial charge in [0.1, 0.15) is 11.6 Å². The van der Waals surface area contributed by atoms with E-state index in [0.717, 1.165) is 22.9 Å². The fourth-order valence-electron chi connectivity index (χ4n) is 2.18. The molecule has 0 fully saturated rings. The molecular formula is C19H18FN3O3S. The largest absolute Gasteiger partial charge is 0.484 e. The first-order valence-electron chi connectivity index (χ1n) is 8.20. The van der Waals surface area contributed by atoms with E-state index >= 15 is 0 Å². The maximum atomic E-state index is 13.3. The molecule has 8 heteroatoms. The number of carbonyl (C=O) groups excluding carboxylic acids is 1. The van der Waals surface area contributed by atoms with Crippen LogP contribution >= 0.6 is 11.8 Å². The third-order valence-electron chi connectivity index (χ3n) is 3.63. The van der Waals surface area contributed by atoms with Crippen LogP contribution in [0, 0.1) is 19.7 Å². The molecule has 0 aliphatic heterocycles. The van der Waals surface area contributed by atoms with Crippen LogP contribution in [0.15, 0.2) is 52.1 Å². The molecule has 0 aliphatic carbocycles. The number of aryl methyl sites for hydroxylation is 2. The molecule has 3 rings (SSSR count). The predicted octanol–water partition coefficient (Wildman–Crippen LogP) is 4.14. The first-order chi connectivity index (χ1) is 13.0. The maximum Gasteiger partial charge on any atom is 0.277 e. The number of aromatic nitrogens is 2. The van der Waals surface area contributed by atoms with Crippen molar-refractivity contribution in [3.8, 4) is 5.75 Å². The number of thioether (sulfide) groups is 1. The summed E-state index contributed by atoms with van der Waals surface area (Å²) < 4.78 is 24.3. The highest BCUT2D eigenvalue weighted by atomic mass is 32.2. The second kappa shape index (κ2) is 8.68. The number of hydrogen-bond donors (Lipinski definition) is 1. The van der Waals surface area contributed by atoms with Crippen LogP contribution in [0.5, 0.6) is 5.75 Å². The van der Waals surface area contributed by atoms with Crippen LogP contribution in [0.25, 0.3) is 0 Å². The van der Waals surface area contributed by atoms with E-state index in [2.05, 4.69) is 15.5 Å². The van der Waals surface area contributed by atoms with Crippen molar-refractivity contribution >= 4 is 23.4 Å². The van der Waals surface area contributed by atoms with E-state index in [-0.39, 0.29) is 23.5 Å². The van der Waals surface area contributed by atoms with E-state index in [9.17, 15) is 9.18 Å². The van der Waals surface area contributed by atoms with E-state index in [0.29, 0.717) is 17.3 Å². The van der Waals surface area contributed by atoms with Gasteiger partial charge < -0.3 is 14.5 Å². The van der Waals surface area contributed by atoms with Gasteiger partial charge in [0.15, 0.2) is 6.61 Å². The second-order valence-corrected chi connectivity index (χ2v) is 6.79. The molecule has 1 amide bonds. The molecule has 0 aliphatic rings. The van der Waals surface area contributed by atoms with Crippen LogP contribution < -0.4 is 10.1 Å². The molecule has 0 spiro atoms. The molecule has 0 saturated carbocycles. The Morgan fingerprint density at radius 1 is 1.19 bits per heavy atom. The Morgan fingerprint density at radius 2 is 1.96 bits per heavy atom. The third-order valence-corrected chi connectivity index (χ3v) is 4.45. The Balaban J connectivity index is 1.48. The van der Waals surface area contributed by atoms with E-state index in [1.165, 1.54) is 12.1 Å². The van der Waals surface area contributed by atoms with Crippen molar-refractivity contribution in [2.45, 2.75) is 25.7 Å². The summed E-state index contributed by atoms with van der Waals surface area (Å²) in [7, 11) is 0. The summed E-state index contributed by atoms with van der Waals surface area (Å²) in [6.45, 7) is 3.93. The van der Waals surface area contributed by atoms with E-state index < -0.39 is 5.82 Å². The van der Waals surface area contributed by atoms with Crippen LogP contribution in [0.2, 0.25) is 0 Å². The zero-order chi connectivity index (χ0) is 19.2. The number of halogens is 1. The second-order valence-electron chi connectivity index (χ2n) is 5.86. The monoisotopic (exact) mass is 387 g/mol. The first kappa shape index (κ1) is 18.9. The molecule has 140 valence electrons. The van der Waals surface area contributed by atoms with E-state index in [1.807, 2.05) is 31.2 Å². The highest BCUT2D eigenvalue weighted by molar-refractivity contribution is 7.99. The molecule has 0 bridgehead atoms. The number of ether oxygens (including phenoxy) is 1. The van der Waals surface area contributed by atoms with Gasteiger partial charge in [-0.05, 0) is 43.7 Å². The Kier molecular flexibility index (Phi) is 6.08. The molecule has 0 unspecified atom stereocenters. The van der Waals surface area contributed by atoms with Gasteiger partial charge in [0, 0.05) is 5.69 Å². The highest BCUT2D eigenvalue weighted by Crippen LogP contribution is 2.20. The van der Waals surface area contributed by atoms with Gasteiger partial charge in [-0.25, -0.2) is 4.39 Å². The van der Waals surface area contributed by atoms with Crippen molar-refractivity contribution in [2.24, 2.45) is 0 Å². The van der Waals surface area contributed by atoms with Crippen LogP contribution in [-0.2, 0) is 11.4 Å². The molecule has 3 aromatic rings. The molecule has 27 heavy (non-hydrogen) atoms. The number of rotatable bonds is 7. The van der Waals surface area contributed by atoms with Gasteiger partial charge in [-0.15, -0.1) is 10.2 Å². The normalized spacial score (nSPS) is 10.6. The summed E-state index contributed by atoms with van der Waals surface area (Å²) >= 11 is 1.10. The van der Waals surface area contributed by atoms with Crippen molar-refractivity contribution in [3.63, 3.8) is 0 Å². The molecule has 0 saturated heterocycles. The summed E-state index contributed by atoms with van der Waals surface area (Å²) in [5, 5.41) is 10.7. The first-order valence-corrected chi connectivity index (χ1v) is 9.19. The van der Waals surface area contributed by atoms with Crippen molar-refractivity contribution in [1.29, 1.82) is 0 Å². The number of amides is 1. The molecule has 2 aromatic carbocycles. The van der Waals surface area contributed by atoms with Gasteiger partial charge >= 0.3 is 0 Å². The number of anilines is 1. The van der Waals surface area contributed by atoms with Gasteiger partial charge in [-0.1, -0.05) is 35.5 Å². The number of nitrogens with one attached hydrogen (secondary N) is 1. The van der Waals surface area contributed by atoms with Crippen LogP contribution in [0.3, 0.4) is 0 Å². The van der Waals surface area contributed by atoms with E-state index in [1.54, 1.807) is 13.0 Å². The Bertz CT molecular complexity index is 928. The fourth-order valence-corrected chi connectivity index (χ4v) is 2.76. The number of nitrogens with zero attached hydrogens (tertiary/aromatic N) is 2. The third kappa shape index (κ3) is 5.55. The lowest BCUT2D eigenvalue weighted by Gasteiger charge is -2.07. The van der Waals surface area contributed by atoms with Crippen LogP contribution in [-0.4, -0.2) is 21.9 Å². The van der Waals surface area contributed by atoms with Gasteiger partial charge in [0.2, 0.25) is 5.91 Å². The van der Waals surface area contributed by atoms with Gasteiger partial charge in [-0.3, -0.25) is 4.79 Å².